The summed E-state index contributed by atoms with van der Waals surface area (Å²) in [5, 5.41) is 6.91. The third-order valence-electron chi connectivity index (χ3n) is 5.15. The minimum Gasteiger partial charge on any atom is -0.329 e. The first-order valence-corrected chi connectivity index (χ1v) is 10.9. The second-order valence-electron chi connectivity index (χ2n) is 9.21. The van der Waals surface area contributed by atoms with Gasteiger partial charge in [0.25, 0.3) is 5.91 Å². The van der Waals surface area contributed by atoms with Gasteiger partial charge in [0.1, 0.15) is 12.4 Å². The number of benzene rings is 1. The fourth-order valence-corrected chi connectivity index (χ4v) is 3.17. The number of hydrogen-bond acceptors (Lipinski definition) is 3. The van der Waals surface area contributed by atoms with Gasteiger partial charge in [-0.25, -0.2) is 0 Å². The number of amides is 2. The molecule has 0 spiro atoms. The number of aromatic nitrogens is 2. The van der Waals surface area contributed by atoms with Gasteiger partial charge in [0.05, 0.1) is 16.8 Å². The van der Waals surface area contributed by atoms with Gasteiger partial charge < -0.3 is 10.2 Å². The highest BCUT2D eigenvalue weighted by Crippen LogP contribution is 2.36. The Kier molecular flexibility index (Phi) is 8.29. The van der Waals surface area contributed by atoms with Crippen molar-refractivity contribution in [2.45, 2.75) is 58.3 Å². The summed E-state index contributed by atoms with van der Waals surface area (Å²) in [5.41, 5.74) is -3.60. The number of rotatable bonds is 7. The van der Waals surface area contributed by atoms with Crippen LogP contribution in [0, 0.1) is 0 Å². The fraction of sp³-hybridized carbons (Fsp3) is 0.522. The summed E-state index contributed by atoms with van der Waals surface area (Å²) in [6.45, 7) is 6.98. The Balaban J connectivity index is 2.35. The molecule has 1 aromatic heterocycles. The first kappa shape index (κ1) is 28.2. The van der Waals surface area contributed by atoms with Gasteiger partial charge in [-0.2, -0.15) is 31.4 Å². The second kappa shape index (κ2) is 10.3. The lowest BCUT2D eigenvalue weighted by atomic mass is 9.92. The predicted molar refractivity (Wildman–Crippen MR) is 118 cm³/mol. The van der Waals surface area contributed by atoms with E-state index in [4.69, 9.17) is 0 Å². The van der Waals surface area contributed by atoms with Crippen molar-refractivity contribution in [2.24, 2.45) is 7.05 Å². The van der Waals surface area contributed by atoms with Crippen LogP contribution in [0.4, 0.5) is 32.2 Å². The van der Waals surface area contributed by atoms with Gasteiger partial charge in [0.2, 0.25) is 5.91 Å². The molecule has 0 saturated heterocycles. The van der Waals surface area contributed by atoms with Gasteiger partial charge in [-0.05, 0) is 24.6 Å². The molecule has 0 aliphatic heterocycles. The number of halogens is 6. The number of carbonyl (C=O) groups excluding carboxylic acids is 2. The van der Waals surface area contributed by atoms with Crippen molar-refractivity contribution in [3.63, 3.8) is 0 Å². The molecule has 35 heavy (non-hydrogen) atoms. The van der Waals surface area contributed by atoms with Crippen LogP contribution < -0.4 is 5.32 Å². The zero-order valence-electron chi connectivity index (χ0n) is 20.1. The molecule has 2 aromatic rings. The number of aryl methyl sites for hydroxylation is 1. The van der Waals surface area contributed by atoms with Crippen LogP contribution in [0.1, 0.15) is 67.7 Å². The molecular weight excluding hydrogens is 478 g/mol. The molecule has 2 rings (SSSR count). The zero-order valence-corrected chi connectivity index (χ0v) is 20.1. The van der Waals surface area contributed by atoms with Crippen LogP contribution >= 0.6 is 0 Å². The van der Waals surface area contributed by atoms with Crippen LogP contribution in [0.2, 0.25) is 0 Å². The maximum absolute atomic E-state index is 13.2. The number of carbonyl (C=O) groups is 2. The second-order valence-corrected chi connectivity index (χ2v) is 9.21. The number of anilines is 1. The van der Waals surface area contributed by atoms with Crippen molar-refractivity contribution >= 4 is 17.6 Å². The molecule has 1 N–H and O–H groups in total. The molecule has 0 saturated carbocycles. The van der Waals surface area contributed by atoms with Crippen LogP contribution in [0.3, 0.4) is 0 Å². The van der Waals surface area contributed by atoms with Gasteiger partial charge in [-0.15, -0.1) is 0 Å². The van der Waals surface area contributed by atoms with Crippen molar-refractivity contribution in [1.29, 1.82) is 0 Å². The number of hydrogen-bond donors (Lipinski definition) is 1. The van der Waals surface area contributed by atoms with E-state index >= 15 is 0 Å². The lowest BCUT2D eigenvalue weighted by Crippen LogP contribution is -2.39. The Hall–Kier alpha value is -3.05. The van der Waals surface area contributed by atoms with Gasteiger partial charge >= 0.3 is 12.4 Å². The molecular formula is C23H28F6N4O2. The van der Waals surface area contributed by atoms with E-state index in [1.54, 1.807) is 20.0 Å². The monoisotopic (exact) mass is 506 g/mol. The number of alkyl halides is 6. The molecule has 0 radical (unpaired) electrons. The van der Waals surface area contributed by atoms with E-state index in [0.717, 1.165) is 4.90 Å². The summed E-state index contributed by atoms with van der Waals surface area (Å²) in [4.78, 5) is 26.6. The van der Waals surface area contributed by atoms with Crippen molar-refractivity contribution in [2.75, 3.05) is 18.4 Å². The number of nitrogens with one attached hydrogen (secondary N) is 1. The van der Waals surface area contributed by atoms with Crippen molar-refractivity contribution in [1.82, 2.24) is 14.7 Å². The molecule has 0 unspecified atom stereocenters. The molecule has 2 amide bonds. The normalized spacial score (nSPS) is 12.5. The van der Waals surface area contributed by atoms with Crippen LogP contribution in [-0.4, -0.2) is 39.6 Å². The van der Waals surface area contributed by atoms with Crippen LogP contribution in [0.5, 0.6) is 0 Å². The van der Waals surface area contributed by atoms with Crippen molar-refractivity contribution in [3.8, 4) is 0 Å². The first-order valence-electron chi connectivity index (χ1n) is 10.9. The quantitative estimate of drug-likeness (QED) is 0.495. The summed E-state index contributed by atoms with van der Waals surface area (Å²) in [6, 6.07) is 2.34. The van der Waals surface area contributed by atoms with Gasteiger partial charge in [-0.3, -0.25) is 14.3 Å². The Bertz CT molecular complexity index is 1040. The Morgan fingerprint density at radius 1 is 0.971 bits per heavy atom. The van der Waals surface area contributed by atoms with Crippen LogP contribution in [-0.2, 0) is 29.6 Å². The third kappa shape index (κ3) is 7.46. The van der Waals surface area contributed by atoms with E-state index in [1.807, 2.05) is 20.8 Å². The van der Waals surface area contributed by atoms with Crippen LogP contribution in [0.25, 0.3) is 0 Å². The molecule has 0 fully saturated rings. The van der Waals surface area contributed by atoms with E-state index < -0.39 is 47.4 Å². The van der Waals surface area contributed by atoms with E-state index in [0.29, 0.717) is 36.5 Å². The topological polar surface area (TPSA) is 67.2 Å². The minimum absolute atomic E-state index is 0.0288. The predicted octanol–water partition coefficient (Wildman–Crippen LogP) is 5.64. The summed E-state index contributed by atoms with van der Waals surface area (Å²) in [7, 11) is 1.60. The summed E-state index contributed by atoms with van der Waals surface area (Å²) in [6.07, 6.45) is -9.21. The molecule has 194 valence electrons. The highest BCUT2D eigenvalue weighted by Gasteiger charge is 2.38. The maximum atomic E-state index is 13.2. The van der Waals surface area contributed by atoms with Crippen LogP contribution in [0.15, 0.2) is 24.3 Å². The SMILES string of the molecule is CCCCN(CC(=O)Nc1cc(C(C)(C)C)nn1C)C(=O)c1cc(C(F)(F)F)cc(C(F)(F)F)c1. The molecule has 1 aromatic carbocycles. The van der Waals surface area contributed by atoms with E-state index in [9.17, 15) is 35.9 Å². The molecule has 0 atom stereocenters. The van der Waals surface area contributed by atoms with Gasteiger partial charge in [0.15, 0.2) is 0 Å². The Labute approximate surface area is 199 Å². The summed E-state index contributed by atoms with van der Waals surface area (Å²) in [5.74, 6) is -1.44. The maximum Gasteiger partial charge on any atom is 0.416 e. The van der Waals surface area contributed by atoms with E-state index in [1.165, 1.54) is 4.68 Å². The Morgan fingerprint density at radius 3 is 1.94 bits per heavy atom. The average molecular weight is 506 g/mol. The average Bonchev–Trinajstić information content (AvgIpc) is 3.09. The lowest BCUT2D eigenvalue weighted by Gasteiger charge is -2.23. The largest absolute Gasteiger partial charge is 0.416 e. The molecule has 0 aliphatic carbocycles. The fourth-order valence-electron chi connectivity index (χ4n) is 3.17. The molecule has 0 bridgehead atoms. The molecule has 12 heteroatoms. The van der Waals surface area contributed by atoms with E-state index in [-0.39, 0.29) is 18.0 Å². The van der Waals surface area contributed by atoms with Gasteiger partial charge in [0, 0.05) is 30.6 Å². The smallest absolute Gasteiger partial charge is 0.329 e. The highest BCUT2D eigenvalue weighted by molar-refractivity contribution is 5.99. The highest BCUT2D eigenvalue weighted by atomic mass is 19.4. The van der Waals surface area contributed by atoms with Crippen molar-refractivity contribution < 1.29 is 35.9 Å². The van der Waals surface area contributed by atoms with Gasteiger partial charge in [-0.1, -0.05) is 34.1 Å². The lowest BCUT2D eigenvalue weighted by molar-refractivity contribution is -0.143. The molecule has 1 heterocycles. The molecule has 6 nitrogen and oxygen atoms in total. The molecule has 0 aliphatic rings. The Morgan fingerprint density at radius 2 is 1.51 bits per heavy atom. The summed E-state index contributed by atoms with van der Waals surface area (Å²) < 4.78 is 80.7. The number of unbranched alkanes of at least 4 members (excludes halogenated alkanes) is 1. The third-order valence-corrected chi connectivity index (χ3v) is 5.15. The first-order chi connectivity index (χ1) is 15.9. The standard InChI is InChI=1S/C23H28F6N4O2/c1-6-7-8-33(13-19(34)30-18-12-17(21(2,3)4)31-32(18)5)20(35)14-9-15(22(24,25)26)11-16(10-14)23(27,28)29/h9-12H,6-8,13H2,1-5H3,(H,30,34). The van der Waals surface area contributed by atoms with Crippen molar-refractivity contribution in [3.05, 3.63) is 46.6 Å². The number of nitrogens with zero attached hydrogens (tertiary/aromatic N) is 3. The van der Waals surface area contributed by atoms with E-state index in [2.05, 4.69) is 10.4 Å². The minimum atomic E-state index is -5.09. The summed E-state index contributed by atoms with van der Waals surface area (Å²) >= 11 is 0. The zero-order chi connectivity index (χ0) is 26.8.